The van der Waals surface area contributed by atoms with Crippen LogP contribution in [0.5, 0.6) is 0 Å². The summed E-state index contributed by atoms with van der Waals surface area (Å²) >= 11 is 0. The van der Waals surface area contributed by atoms with Gasteiger partial charge >= 0.3 is 0 Å². The fourth-order valence-electron chi connectivity index (χ4n) is 2.77. The maximum Gasteiger partial charge on any atom is 0.191 e. The van der Waals surface area contributed by atoms with Crippen molar-refractivity contribution in [3.05, 3.63) is 0 Å². The topological polar surface area (TPSA) is 36.4 Å². The molecule has 2 rings (SSSR count). The van der Waals surface area contributed by atoms with Crippen LogP contribution in [0.25, 0.3) is 0 Å². The molecule has 2 aliphatic rings. The third kappa shape index (κ3) is 3.73. The lowest BCUT2D eigenvalue weighted by atomic mass is 9.65. The molecule has 0 saturated heterocycles. The Morgan fingerprint density at radius 2 is 1.76 bits per heavy atom. The Morgan fingerprint density at radius 1 is 1.18 bits per heavy atom. The Labute approximate surface area is 122 Å². The molecule has 2 fully saturated rings. The third-order valence-electron chi connectivity index (χ3n) is 4.03. The molecule has 0 amide bonds. The molecule has 2 N–H and O–H groups in total. The minimum Gasteiger partial charge on any atom is -0.357 e. The van der Waals surface area contributed by atoms with E-state index in [0.29, 0.717) is 5.41 Å². The Morgan fingerprint density at radius 3 is 2.12 bits per heavy atom. The summed E-state index contributed by atoms with van der Waals surface area (Å²) in [5.74, 6) is 1.99. The van der Waals surface area contributed by atoms with Gasteiger partial charge in [-0.1, -0.05) is 6.42 Å². The lowest BCUT2D eigenvalue weighted by Crippen LogP contribution is -2.40. The highest BCUT2D eigenvalue weighted by atomic mass is 127. The molecule has 0 atom stereocenters. The van der Waals surface area contributed by atoms with E-state index in [1.807, 2.05) is 0 Å². The maximum absolute atomic E-state index is 4.75. The van der Waals surface area contributed by atoms with Gasteiger partial charge in [0.1, 0.15) is 0 Å². The summed E-state index contributed by atoms with van der Waals surface area (Å²) in [4.78, 5) is 4.75. The van der Waals surface area contributed by atoms with E-state index in [9.17, 15) is 0 Å². The summed E-state index contributed by atoms with van der Waals surface area (Å²) in [6.45, 7) is 7.16. The Kier molecular flexibility index (Phi) is 6.03. The smallest absolute Gasteiger partial charge is 0.191 e. The van der Waals surface area contributed by atoms with E-state index in [-0.39, 0.29) is 24.0 Å². The van der Waals surface area contributed by atoms with Gasteiger partial charge in [-0.3, -0.25) is 4.99 Å². The van der Waals surface area contributed by atoms with E-state index < -0.39 is 0 Å². The predicted molar refractivity (Wildman–Crippen MR) is 84.1 cm³/mol. The third-order valence-corrected chi connectivity index (χ3v) is 4.03. The van der Waals surface area contributed by atoms with Crippen LogP contribution in [0.2, 0.25) is 0 Å². The van der Waals surface area contributed by atoms with Gasteiger partial charge in [0.15, 0.2) is 5.96 Å². The van der Waals surface area contributed by atoms with Crippen molar-refractivity contribution < 1.29 is 0 Å². The van der Waals surface area contributed by atoms with E-state index in [1.54, 1.807) is 0 Å². The first-order valence-electron chi connectivity index (χ1n) is 6.83. The fraction of sp³-hybridized carbons (Fsp3) is 0.923. The second-order valence-corrected chi connectivity index (χ2v) is 5.22. The molecule has 0 aromatic carbocycles. The van der Waals surface area contributed by atoms with Gasteiger partial charge in [-0.15, -0.1) is 24.0 Å². The number of halogens is 1. The van der Waals surface area contributed by atoms with Crippen LogP contribution in [0.1, 0.15) is 46.0 Å². The molecule has 0 aromatic heterocycles. The fourth-order valence-corrected chi connectivity index (χ4v) is 2.77. The van der Waals surface area contributed by atoms with Crippen LogP contribution >= 0.6 is 24.0 Å². The number of rotatable bonds is 5. The highest BCUT2D eigenvalue weighted by Crippen LogP contribution is 2.57. The van der Waals surface area contributed by atoms with Crippen molar-refractivity contribution in [1.29, 1.82) is 0 Å². The number of nitrogens with one attached hydrogen (secondary N) is 2. The van der Waals surface area contributed by atoms with Gasteiger partial charge in [-0.05, 0) is 50.9 Å². The molecule has 0 radical (unpaired) electrons. The zero-order valence-corrected chi connectivity index (χ0v) is 13.4. The van der Waals surface area contributed by atoms with Gasteiger partial charge in [-0.2, -0.15) is 0 Å². The van der Waals surface area contributed by atoms with Gasteiger partial charge < -0.3 is 10.6 Å². The standard InChI is InChI=1S/C13H25N3.HI/c1-3-14-12(15-4-2)16-10-13(8-5-9-13)11-6-7-11;/h11H,3-10H2,1-2H3,(H2,14,15,16);1H. The van der Waals surface area contributed by atoms with Gasteiger partial charge in [0, 0.05) is 19.6 Å². The second kappa shape index (κ2) is 6.81. The molecule has 2 aliphatic carbocycles. The van der Waals surface area contributed by atoms with E-state index >= 15 is 0 Å². The molecule has 4 heteroatoms. The van der Waals surface area contributed by atoms with Crippen molar-refractivity contribution in [3.8, 4) is 0 Å². The SMILES string of the molecule is CCNC(=NCC1(C2CC2)CCC1)NCC.I. The molecular formula is C13H26IN3. The maximum atomic E-state index is 4.75. The first-order valence-corrected chi connectivity index (χ1v) is 6.83. The van der Waals surface area contributed by atoms with Crippen molar-refractivity contribution in [2.45, 2.75) is 46.0 Å². The molecule has 17 heavy (non-hydrogen) atoms. The quantitative estimate of drug-likeness (QED) is 0.454. The van der Waals surface area contributed by atoms with Gasteiger partial charge in [-0.25, -0.2) is 0 Å². The number of nitrogens with zero attached hydrogens (tertiary/aromatic N) is 1. The molecule has 0 spiro atoms. The summed E-state index contributed by atoms with van der Waals surface area (Å²) in [5.41, 5.74) is 0.593. The lowest BCUT2D eigenvalue weighted by molar-refractivity contribution is 0.113. The van der Waals surface area contributed by atoms with Crippen molar-refractivity contribution in [2.24, 2.45) is 16.3 Å². The summed E-state index contributed by atoms with van der Waals surface area (Å²) in [6, 6.07) is 0. The minimum absolute atomic E-state index is 0. The molecule has 0 bridgehead atoms. The molecular weight excluding hydrogens is 325 g/mol. The van der Waals surface area contributed by atoms with E-state index in [2.05, 4.69) is 24.5 Å². The zero-order chi connectivity index (χ0) is 11.4. The molecule has 2 saturated carbocycles. The van der Waals surface area contributed by atoms with Crippen molar-refractivity contribution in [1.82, 2.24) is 10.6 Å². The van der Waals surface area contributed by atoms with Crippen molar-refractivity contribution >= 4 is 29.9 Å². The van der Waals surface area contributed by atoms with E-state index in [0.717, 1.165) is 31.5 Å². The zero-order valence-electron chi connectivity index (χ0n) is 11.1. The van der Waals surface area contributed by atoms with E-state index in [1.165, 1.54) is 32.1 Å². The first-order chi connectivity index (χ1) is 7.80. The van der Waals surface area contributed by atoms with Crippen molar-refractivity contribution in [2.75, 3.05) is 19.6 Å². The Hall–Kier alpha value is 0. The largest absolute Gasteiger partial charge is 0.357 e. The molecule has 0 aliphatic heterocycles. The van der Waals surface area contributed by atoms with Crippen LogP contribution in [0.4, 0.5) is 0 Å². The second-order valence-electron chi connectivity index (χ2n) is 5.22. The van der Waals surface area contributed by atoms with Gasteiger partial charge in [0.2, 0.25) is 0 Å². The summed E-state index contributed by atoms with van der Waals surface area (Å²) in [6.07, 6.45) is 7.14. The highest BCUT2D eigenvalue weighted by molar-refractivity contribution is 14.0. The van der Waals surface area contributed by atoms with E-state index in [4.69, 9.17) is 4.99 Å². The van der Waals surface area contributed by atoms with Crippen LogP contribution in [-0.4, -0.2) is 25.6 Å². The monoisotopic (exact) mass is 351 g/mol. The Bertz CT molecular complexity index is 249. The number of aliphatic imine (C=N–C) groups is 1. The number of hydrogen-bond donors (Lipinski definition) is 2. The molecule has 3 nitrogen and oxygen atoms in total. The molecule has 100 valence electrons. The average molecular weight is 351 g/mol. The van der Waals surface area contributed by atoms with Crippen LogP contribution in [-0.2, 0) is 0 Å². The molecule has 0 unspecified atom stereocenters. The summed E-state index contributed by atoms with van der Waals surface area (Å²) in [5, 5.41) is 6.61. The van der Waals surface area contributed by atoms with Crippen molar-refractivity contribution in [3.63, 3.8) is 0 Å². The minimum atomic E-state index is 0. The number of guanidine groups is 1. The van der Waals surface area contributed by atoms with Crippen LogP contribution < -0.4 is 10.6 Å². The molecule has 0 heterocycles. The molecule has 0 aromatic rings. The summed E-state index contributed by atoms with van der Waals surface area (Å²) < 4.78 is 0. The Balaban J connectivity index is 0.00000144. The lowest BCUT2D eigenvalue weighted by Gasteiger charge is -2.41. The first kappa shape index (κ1) is 15.1. The van der Waals surface area contributed by atoms with Gasteiger partial charge in [0.05, 0.1) is 0 Å². The van der Waals surface area contributed by atoms with Gasteiger partial charge in [0.25, 0.3) is 0 Å². The predicted octanol–water partition coefficient (Wildman–Crippen LogP) is 2.76. The highest BCUT2D eigenvalue weighted by Gasteiger charge is 2.48. The van der Waals surface area contributed by atoms with Crippen LogP contribution in [0.3, 0.4) is 0 Å². The summed E-state index contributed by atoms with van der Waals surface area (Å²) in [7, 11) is 0. The average Bonchev–Trinajstić information content (AvgIpc) is 3.01. The van der Waals surface area contributed by atoms with Crippen LogP contribution in [0.15, 0.2) is 4.99 Å². The normalized spacial score (nSPS) is 20.8. The van der Waals surface area contributed by atoms with Crippen LogP contribution in [0, 0.1) is 11.3 Å². The number of hydrogen-bond acceptors (Lipinski definition) is 1.